The van der Waals surface area contributed by atoms with Crippen molar-refractivity contribution in [2.45, 2.75) is 229 Å². The molecule has 0 spiro atoms. The van der Waals surface area contributed by atoms with Crippen molar-refractivity contribution in [3.8, 4) is 0 Å². The lowest BCUT2D eigenvalue weighted by Gasteiger charge is -2.28. The maximum Gasteiger partial charge on any atom is 0.307 e. The summed E-state index contributed by atoms with van der Waals surface area (Å²) in [4.78, 5) is 28.6. The average molecular weight is 845 g/mol. The van der Waals surface area contributed by atoms with Crippen molar-refractivity contribution in [1.82, 2.24) is 9.80 Å². The summed E-state index contributed by atoms with van der Waals surface area (Å²) in [7, 11) is 1.42. The van der Waals surface area contributed by atoms with Gasteiger partial charge in [-0.2, -0.15) is 0 Å². The zero-order chi connectivity index (χ0) is 45.0. The van der Waals surface area contributed by atoms with Gasteiger partial charge in [-0.3, -0.25) is 9.59 Å². The van der Waals surface area contributed by atoms with E-state index in [1.54, 1.807) is 0 Å². The highest BCUT2D eigenvalue weighted by atomic mass is 16.5. The Morgan fingerprint density at radius 3 is 1.37 bits per heavy atom. The van der Waals surface area contributed by atoms with Crippen LogP contribution in [0, 0.1) is 5.92 Å². The molecule has 0 aliphatic carbocycles. The van der Waals surface area contributed by atoms with Crippen molar-refractivity contribution in [2.24, 2.45) is 5.92 Å². The van der Waals surface area contributed by atoms with Gasteiger partial charge in [-0.05, 0) is 76.7 Å². The summed E-state index contributed by atoms with van der Waals surface area (Å²) < 4.78 is 10.3. The van der Waals surface area contributed by atoms with Gasteiger partial charge in [0.15, 0.2) is 0 Å². The zero-order valence-corrected chi connectivity index (χ0v) is 41.8. The van der Waals surface area contributed by atoms with Gasteiger partial charge in [0.05, 0.1) is 26.6 Å². The summed E-state index contributed by atoms with van der Waals surface area (Å²) in [6.45, 7) is 23.3. The van der Waals surface area contributed by atoms with Crippen molar-refractivity contribution in [1.29, 1.82) is 0 Å². The first-order chi connectivity index (χ1) is 29.3. The molecular formula is C54H104N2O4. The number of ether oxygens (including phenoxy) is 2. The summed E-state index contributed by atoms with van der Waals surface area (Å²) in [5.41, 5.74) is 0. The van der Waals surface area contributed by atoms with Gasteiger partial charge in [0.2, 0.25) is 0 Å². The second-order valence-corrected chi connectivity index (χ2v) is 16.7. The fraction of sp³-hybridized carbons (Fsp3) is 0.815. The molecule has 0 amide bonds. The topological polar surface area (TPSA) is 59.1 Å². The molecule has 0 rings (SSSR count). The van der Waals surface area contributed by atoms with Crippen molar-refractivity contribution < 1.29 is 19.1 Å². The van der Waals surface area contributed by atoms with E-state index in [4.69, 9.17) is 9.47 Å². The molecule has 0 saturated heterocycles. The van der Waals surface area contributed by atoms with Crippen molar-refractivity contribution in [3.05, 3.63) is 48.6 Å². The Hall–Kier alpha value is -2.18. The Kier molecular flexibility index (Phi) is 56.8. The molecule has 0 N–H and O–H groups in total. The Bertz CT molecular complexity index is 975. The lowest BCUT2D eigenvalue weighted by molar-refractivity contribution is -0.144. The minimum absolute atomic E-state index is 0.139. The molecule has 0 aliphatic rings. The number of hydrogen-bond acceptors (Lipinski definition) is 6. The van der Waals surface area contributed by atoms with Gasteiger partial charge in [-0.15, -0.1) is 0 Å². The first kappa shape index (κ1) is 62.1. The summed E-state index contributed by atoms with van der Waals surface area (Å²) >= 11 is 0. The van der Waals surface area contributed by atoms with E-state index in [0.29, 0.717) is 38.5 Å². The van der Waals surface area contributed by atoms with E-state index >= 15 is 0 Å². The number of carbonyl (C=O) groups excluding carboxylic acids is 2. The number of esters is 2. The molecule has 0 bridgehead atoms. The number of unbranched alkanes of at least 4 members (excludes halogenated alkanes) is 17. The van der Waals surface area contributed by atoms with E-state index in [1.807, 2.05) is 0 Å². The van der Waals surface area contributed by atoms with Gasteiger partial charge in [-0.1, -0.05) is 200 Å². The molecule has 354 valence electrons. The Balaban J connectivity index is -0.00000141. The first-order valence-corrected chi connectivity index (χ1v) is 25.6. The summed E-state index contributed by atoms with van der Waals surface area (Å²) in [5.74, 6) is 0.316. The van der Waals surface area contributed by atoms with Crippen LogP contribution in [0.3, 0.4) is 0 Å². The Morgan fingerprint density at radius 2 is 0.900 bits per heavy atom. The molecule has 0 heterocycles. The second kappa shape index (κ2) is 54.8. The van der Waals surface area contributed by atoms with Crippen LogP contribution in [-0.4, -0.2) is 74.7 Å². The number of carbonyl (C=O) groups is 2. The molecule has 0 aliphatic heterocycles. The fourth-order valence-corrected chi connectivity index (χ4v) is 6.41. The van der Waals surface area contributed by atoms with Crippen LogP contribution in [0.25, 0.3) is 0 Å². The number of nitrogens with zero attached hydrogens (tertiary/aromatic N) is 2. The monoisotopic (exact) mass is 845 g/mol. The van der Waals surface area contributed by atoms with Gasteiger partial charge in [0.1, 0.15) is 0 Å². The lowest BCUT2D eigenvalue weighted by atomic mass is 10.1. The van der Waals surface area contributed by atoms with Gasteiger partial charge < -0.3 is 19.3 Å². The van der Waals surface area contributed by atoms with Crippen LogP contribution in [0.5, 0.6) is 0 Å². The van der Waals surface area contributed by atoms with Gasteiger partial charge >= 0.3 is 11.9 Å². The second-order valence-electron chi connectivity index (χ2n) is 16.7. The van der Waals surface area contributed by atoms with Crippen molar-refractivity contribution in [3.63, 3.8) is 0 Å². The number of allylic oxidation sites excluding steroid dienone is 8. The number of methoxy groups -OCH3 is 1. The third-order valence-electron chi connectivity index (χ3n) is 10.6. The summed E-state index contributed by atoms with van der Waals surface area (Å²) in [6.07, 6.45) is 50.7. The van der Waals surface area contributed by atoms with Crippen molar-refractivity contribution in [2.75, 3.05) is 53.0 Å². The number of likely N-dealkylation sites (N-methyl/N-ethyl adjacent to an activating group) is 1. The van der Waals surface area contributed by atoms with Crippen LogP contribution in [0.4, 0.5) is 0 Å². The minimum atomic E-state index is -0.210. The average Bonchev–Trinajstić information content (AvgIpc) is 3.25. The van der Waals surface area contributed by atoms with Crippen LogP contribution in [0.15, 0.2) is 48.6 Å². The minimum Gasteiger partial charge on any atom is -0.469 e. The molecular weight excluding hydrogens is 741 g/mol. The molecule has 0 aromatic rings. The third kappa shape index (κ3) is 53.8. The number of hydrogen-bond donors (Lipinski definition) is 0. The molecule has 1 atom stereocenters. The Morgan fingerprint density at radius 1 is 0.483 bits per heavy atom. The molecule has 0 saturated carbocycles. The van der Waals surface area contributed by atoms with E-state index in [1.165, 1.54) is 142 Å². The normalized spacial score (nSPS) is 12.1. The van der Waals surface area contributed by atoms with Crippen LogP contribution in [-0.2, 0) is 19.1 Å². The van der Waals surface area contributed by atoms with E-state index in [-0.39, 0.29) is 11.9 Å². The van der Waals surface area contributed by atoms with Gasteiger partial charge in [0.25, 0.3) is 0 Å². The maximum atomic E-state index is 12.3. The maximum absolute atomic E-state index is 12.3. The fourth-order valence-electron chi connectivity index (χ4n) is 6.41. The largest absolute Gasteiger partial charge is 0.469 e. The molecule has 0 aromatic carbocycles. The van der Waals surface area contributed by atoms with Crippen LogP contribution in [0.1, 0.15) is 229 Å². The van der Waals surface area contributed by atoms with Crippen LogP contribution < -0.4 is 0 Å². The molecule has 0 fully saturated rings. The van der Waals surface area contributed by atoms with Gasteiger partial charge in [0, 0.05) is 32.7 Å². The Labute approximate surface area is 375 Å². The molecule has 6 heteroatoms. The quantitative estimate of drug-likeness (QED) is 0.0348. The SMILES string of the molecule is CCC.CCC/C=C\C/C=C\CCCCCCCC.CCCCC/C=C\C/C=C\CCCCCCCCCOC(=O)CCN(CCC(=O)OC)CCN(CC)CC(C)CC. The lowest BCUT2D eigenvalue weighted by Crippen LogP contribution is -2.39. The van der Waals surface area contributed by atoms with Gasteiger partial charge in [-0.25, -0.2) is 0 Å². The molecule has 0 radical (unpaired) electrons. The molecule has 0 aromatic heterocycles. The first-order valence-electron chi connectivity index (χ1n) is 25.6. The van der Waals surface area contributed by atoms with Crippen molar-refractivity contribution >= 4 is 11.9 Å². The molecule has 6 nitrogen and oxygen atoms in total. The summed E-state index contributed by atoms with van der Waals surface area (Å²) in [5, 5.41) is 0. The number of rotatable bonds is 40. The molecule has 60 heavy (non-hydrogen) atoms. The standard InChI is InChI=1S/C35H66N2O4.C16H30.C3H8/c1-6-9-10-11-12-13-14-15-16-17-18-19-20-21-22-23-24-31-41-35(39)26-28-37(27-25-34(38)40-5)30-29-36(8-3)32-33(4)7-2;1-3-5-7-9-11-13-15-16-14-12-10-8-6-4-2;1-3-2/h12-13,15-16,33H,6-11,14,17-32H2,1-5H3;7,9,13,15H,3-6,8,10-12,14,16H2,1-2H3;3H2,1-2H3/b13-12-,16-15-;9-7-,15-13-;. The highest BCUT2D eigenvalue weighted by Crippen LogP contribution is 2.11. The summed E-state index contributed by atoms with van der Waals surface area (Å²) in [6, 6.07) is 0. The van der Waals surface area contributed by atoms with E-state index < -0.39 is 0 Å². The third-order valence-corrected chi connectivity index (χ3v) is 10.6. The van der Waals surface area contributed by atoms with Crippen LogP contribution in [0.2, 0.25) is 0 Å². The van der Waals surface area contributed by atoms with E-state index in [2.05, 4.69) is 114 Å². The predicted molar refractivity (Wildman–Crippen MR) is 266 cm³/mol. The zero-order valence-electron chi connectivity index (χ0n) is 41.8. The van der Waals surface area contributed by atoms with Crippen LogP contribution >= 0.6 is 0 Å². The predicted octanol–water partition coefficient (Wildman–Crippen LogP) is 15.8. The van der Waals surface area contributed by atoms with E-state index in [9.17, 15) is 9.59 Å². The molecule has 1 unspecified atom stereocenters. The highest BCUT2D eigenvalue weighted by molar-refractivity contribution is 5.70. The highest BCUT2D eigenvalue weighted by Gasteiger charge is 2.14. The smallest absolute Gasteiger partial charge is 0.307 e. The van der Waals surface area contributed by atoms with E-state index in [0.717, 1.165) is 51.9 Å².